The van der Waals surface area contributed by atoms with E-state index in [1.54, 1.807) is 24.2 Å². The van der Waals surface area contributed by atoms with Crippen molar-refractivity contribution in [2.45, 2.75) is 42.8 Å². The number of rotatable bonds is 7. The molecule has 0 fully saturated rings. The standard InChI is InChI=1S/C19H21N5S/c1-14(2)18-19(25-16-6-4-3-5-7-16)24(17(23-18)12-22-20)13-15-8-10-21-11-9-15/h3-11,14,20H,12-13H2,1-2H3. The van der Waals surface area contributed by atoms with Crippen LogP contribution in [-0.4, -0.2) is 14.5 Å². The van der Waals surface area contributed by atoms with E-state index >= 15 is 0 Å². The van der Waals surface area contributed by atoms with E-state index in [2.05, 4.69) is 40.6 Å². The van der Waals surface area contributed by atoms with Crippen LogP contribution in [-0.2, 0) is 13.1 Å². The highest BCUT2D eigenvalue weighted by Gasteiger charge is 2.20. The highest BCUT2D eigenvalue weighted by atomic mass is 32.2. The molecule has 0 unspecified atom stereocenters. The van der Waals surface area contributed by atoms with Crippen molar-refractivity contribution in [3.05, 3.63) is 71.9 Å². The first-order valence-electron chi connectivity index (χ1n) is 8.23. The first-order chi connectivity index (χ1) is 12.2. The van der Waals surface area contributed by atoms with Gasteiger partial charge in [-0.15, -0.1) is 0 Å². The fraction of sp³-hybridized carbons (Fsp3) is 0.263. The van der Waals surface area contributed by atoms with Gasteiger partial charge >= 0.3 is 0 Å². The molecule has 0 spiro atoms. The fourth-order valence-corrected chi connectivity index (χ4v) is 3.79. The van der Waals surface area contributed by atoms with Gasteiger partial charge in [-0.25, -0.2) is 10.5 Å². The Hall–Kier alpha value is -2.47. The zero-order valence-corrected chi connectivity index (χ0v) is 15.2. The number of hydrogen-bond donors (Lipinski definition) is 1. The SMILES string of the molecule is CC(C)c1nc(CN=N)n(Cc2ccncc2)c1Sc1ccccc1. The van der Waals surface area contributed by atoms with Crippen LogP contribution in [0.2, 0.25) is 0 Å². The predicted molar refractivity (Wildman–Crippen MR) is 99.1 cm³/mol. The lowest BCUT2D eigenvalue weighted by molar-refractivity contribution is 0.658. The van der Waals surface area contributed by atoms with Crippen LogP contribution in [0, 0.1) is 5.53 Å². The van der Waals surface area contributed by atoms with Gasteiger partial charge in [-0.05, 0) is 35.7 Å². The summed E-state index contributed by atoms with van der Waals surface area (Å²) in [6.07, 6.45) is 3.60. The molecular weight excluding hydrogens is 330 g/mol. The van der Waals surface area contributed by atoms with Gasteiger partial charge in [0.2, 0.25) is 0 Å². The van der Waals surface area contributed by atoms with Crippen LogP contribution in [0.15, 0.2) is 69.9 Å². The van der Waals surface area contributed by atoms with E-state index in [0.29, 0.717) is 19.0 Å². The van der Waals surface area contributed by atoms with Gasteiger partial charge in [-0.1, -0.05) is 43.8 Å². The smallest absolute Gasteiger partial charge is 0.133 e. The average molecular weight is 351 g/mol. The number of imidazole rings is 1. The third-order valence-electron chi connectivity index (χ3n) is 3.84. The topological polar surface area (TPSA) is 66.9 Å². The summed E-state index contributed by atoms with van der Waals surface area (Å²) in [6, 6.07) is 14.3. The van der Waals surface area contributed by atoms with Crippen LogP contribution in [0.4, 0.5) is 0 Å². The third kappa shape index (κ3) is 4.14. The number of benzene rings is 1. The molecule has 0 saturated carbocycles. The van der Waals surface area contributed by atoms with Gasteiger partial charge in [0.05, 0.1) is 5.69 Å². The number of aromatic nitrogens is 3. The molecule has 6 heteroatoms. The molecule has 2 heterocycles. The maximum absolute atomic E-state index is 7.28. The van der Waals surface area contributed by atoms with Gasteiger partial charge in [0.1, 0.15) is 17.4 Å². The summed E-state index contributed by atoms with van der Waals surface area (Å²) in [7, 11) is 0. The Morgan fingerprint density at radius 3 is 2.48 bits per heavy atom. The number of hydrogen-bond acceptors (Lipinski definition) is 5. The molecule has 0 aliphatic rings. The Morgan fingerprint density at radius 2 is 1.84 bits per heavy atom. The second-order valence-electron chi connectivity index (χ2n) is 6.05. The molecule has 0 aliphatic heterocycles. The predicted octanol–water partition coefficient (Wildman–Crippen LogP) is 5.13. The Morgan fingerprint density at radius 1 is 1.12 bits per heavy atom. The maximum Gasteiger partial charge on any atom is 0.133 e. The van der Waals surface area contributed by atoms with Crippen LogP contribution in [0.5, 0.6) is 0 Å². The first kappa shape index (κ1) is 17.4. The Kier molecular flexibility index (Phi) is 5.60. The molecule has 2 aromatic heterocycles. The van der Waals surface area contributed by atoms with Gasteiger partial charge in [0.15, 0.2) is 0 Å². The molecule has 1 N–H and O–H groups in total. The molecule has 0 saturated heterocycles. The lowest BCUT2D eigenvalue weighted by atomic mass is 10.1. The minimum absolute atomic E-state index is 0.292. The van der Waals surface area contributed by atoms with Crippen molar-refractivity contribution in [1.29, 1.82) is 5.53 Å². The maximum atomic E-state index is 7.28. The molecule has 0 amide bonds. The summed E-state index contributed by atoms with van der Waals surface area (Å²) >= 11 is 1.72. The number of pyridine rings is 1. The van der Waals surface area contributed by atoms with E-state index in [9.17, 15) is 0 Å². The second-order valence-corrected chi connectivity index (χ2v) is 7.11. The van der Waals surface area contributed by atoms with Gasteiger partial charge in [-0.3, -0.25) is 4.98 Å². The van der Waals surface area contributed by atoms with E-state index in [1.807, 2.05) is 30.3 Å². The van der Waals surface area contributed by atoms with Crippen LogP contribution in [0.1, 0.15) is 36.8 Å². The second kappa shape index (κ2) is 8.07. The Balaban J connectivity index is 2.06. The van der Waals surface area contributed by atoms with Crippen LogP contribution in [0.25, 0.3) is 0 Å². The molecule has 128 valence electrons. The highest BCUT2D eigenvalue weighted by Crippen LogP contribution is 2.35. The summed E-state index contributed by atoms with van der Waals surface area (Å²) < 4.78 is 2.18. The van der Waals surface area contributed by atoms with Gasteiger partial charge in [-0.2, -0.15) is 5.11 Å². The van der Waals surface area contributed by atoms with Gasteiger partial charge in [0, 0.05) is 23.8 Å². The summed E-state index contributed by atoms with van der Waals surface area (Å²) in [5.41, 5.74) is 9.49. The minimum Gasteiger partial charge on any atom is -0.317 e. The zero-order valence-electron chi connectivity index (χ0n) is 14.4. The molecule has 3 rings (SSSR count). The summed E-state index contributed by atoms with van der Waals surface area (Å²) in [5, 5.41) is 4.70. The molecule has 0 radical (unpaired) electrons. The van der Waals surface area contributed by atoms with Crippen molar-refractivity contribution in [2.24, 2.45) is 5.11 Å². The number of nitrogens with one attached hydrogen (secondary N) is 1. The third-order valence-corrected chi connectivity index (χ3v) is 4.97. The molecule has 3 aromatic rings. The average Bonchev–Trinajstić information content (AvgIpc) is 2.95. The summed E-state index contributed by atoms with van der Waals surface area (Å²) in [6.45, 7) is 5.29. The largest absolute Gasteiger partial charge is 0.317 e. The van der Waals surface area contributed by atoms with E-state index < -0.39 is 0 Å². The van der Waals surface area contributed by atoms with Crippen LogP contribution < -0.4 is 0 Å². The first-order valence-corrected chi connectivity index (χ1v) is 9.05. The van der Waals surface area contributed by atoms with Gasteiger partial charge < -0.3 is 4.57 Å². The summed E-state index contributed by atoms with van der Waals surface area (Å²) in [5.74, 6) is 1.13. The number of nitrogens with zero attached hydrogens (tertiary/aromatic N) is 4. The molecule has 0 bridgehead atoms. The molecule has 25 heavy (non-hydrogen) atoms. The fourth-order valence-electron chi connectivity index (χ4n) is 2.61. The van der Waals surface area contributed by atoms with Gasteiger partial charge in [0.25, 0.3) is 0 Å². The molecular formula is C19H21N5S. The molecule has 5 nitrogen and oxygen atoms in total. The Labute approximate surface area is 152 Å². The van der Waals surface area contributed by atoms with Crippen LogP contribution in [0.3, 0.4) is 0 Å². The van der Waals surface area contributed by atoms with E-state index in [4.69, 9.17) is 10.5 Å². The van der Waals surface area contributed by atoms with Crippen molar-refractivity contribution in [3.8, 4) is 0 Å². The lowest BCUT2D eigenvalue weighted by Gasteiger charge is -2.13. The normalized spacial score (nSPS) is 11.0. The highest BCUT2D eigenvalue weighted by molar-refractivity contribution is 7.99. The van der Waals surface area contributed by atoms with E-state index in [0.717, 1.165) is 22.1 Å². The van der Waals surface area contributed by atoms with Crippen molar-refractivity contribution < 1.29 is 0 Å². The van der Waals surface area contributed by atoms with E-state index in [-0.39, 0.29) is 0 Å². The van der Waals surface area contributed by atoms with Crippen molar-refractivity contribution in [1.82, 2.24) is 14.5 Å². The van der Waals surface area contributed by atoms with Crippen molar-refractivity contribution in [2.75, 3.05) is 0 Å². The monoisotopic (exact) mass is 351 g/mol. The minimum atomic E-state index is 0.292. The molecule has 0 aliphatic carbocycles. The van der Waals surface area contributed by atoms with Crippen molar-refractivity contribution in [3.63, 3.8) is 0 Å². The summed E-state index contributed by atoms with van der Waals surface area (Å²) in [4.78, 5) is 10.1. The zero-order chi connectivity index (χ0) is 17.6. The van der Waals surface area contributed by atoms with E-state index in [1.165, 1.54) is 4.90 Å². The quantitative estimate of drug-likeness (QED) is 0.600. The van der Waals surface area contributed by atoms with Crippen LogP contribution >= 0.6 is 11.8 Å². The molecule has 0 atom stereocenters. The van der Waals surface area contributed by atoms with Crippen molar-refractivity contribution >= 4 is 11.8 Å². The molecule has 1 aromatic carbocycles. The Bertz CT molecular complexity index is 828. The lowest BCUT2D eigenvalue weighted by Crippen LogP contribution is -2.06.